The van der Waals surface area contributed by atoms with Gasteiger partial charge in [0.05, 0.1) is 18.6 Å². The number of carbonyl (C=O) groups excluding carboxylic acids is 1. The number of amides is 1. The number of likely N-dealkylation sites (tertiary alicyclic amines) is 1. The summed E-state index contributed by atoms with van der Waals surface area (Å²) in [5.74, 6) is -2.10. The maximum Gasteiger partial charge on any atom is 0.490 e. The molecule has 3 atom stereocenters. The quantitative estimate of drug-likeness (QED) is 0.760. The van der Waals surface area contributed by atoms with Crippen molar-refractivity contribution in [3.8, 4) is 0 Å². The number of rotatable bonds is 4. The summed E-state index contributed by atoms with van der Waals surface area (Å²) >= 11 is 0. The number of nitrogens with one attached hydrogen (secondary N) is 1. The molecule has 0 unspecified atom stereocenters. The summed E-state index contributed by atoms with van der Waals surface area (Å²) < 4.78 is 43.0. The maximum atomic E-state index is 12.4. The first-order valence-corrected chi connectivity index (χ1v) is 10.2. The first kappa shape index (κ1) is 22.6. The number of aliphatic carboxylic acids is 1. The molecule has 0 spiro atoms. The normalized spacial score (nSPS) is 27.2. The van der Waals surface area contributed by atoms with Crippen LogP contribution in [0, 0.1) is 5.92 Å². The number of carboxylic acid groups (broad SMARTS) is 1. The number of furan rings is 1. The van der Waals surface area contributed by atoms with E-state index in [0.717, 1.165) is 45.3 Å². The van der Waals surface area contributed by atoms with Crippen molar-refractivity contribution < 1.29 is 37.0 Å². The van der Waals surface area contributed by atoms with Crippen molar-refractivity contribution in [2.24, 2.45) is 5.92 Å². The van der Waals surface area contributed by atoms with Gasteiger partial charge < -0.3 is 19.6 Å². The molecule has 0 bridgehead atoms. The second kappa shape index (κ2) is 9.82. The molecule has 2 saturated heterocycles. The van der Waals surface area contributed by atoms with Gasteiger partial charge in [0, 0.05) is 24.7 Å². The molecule has 1 aromatic rings. The number of ether oxygens (including phenoxy) is 1. The van der Waals surface area contributed by atoms with E-state index < -0.39 is 12.1 Å². The van der Waals surface area contributed by atoms with Gasteiger partial charge in [-0.15, -0.1) is 0 Å². The Balaban J connectivity index is 0.000000318. The highest BCUT2D eigenvalue weighted by Crippen LogP contribution is 2.34. The third-order valence-electron chi connectivity index (χ3n) is 5.86. The molecule has 4 rings (SSSR count). The van der Waals surface area contributed by atoms with Gasteiger partial charge in [-0.1, -0.05) is 12.8 Å². The molecule has 3 aliphatic rings. The van der Waals surface area contributed by atoms with Gasteiger partial charge >= 0.3 is 12.1 Å². The van der Waals surface area contributed by atoms with E-state index in [9.17, 15) is 18.0 Å². The molecule has 1 aromatic heterocycles. The van der Waals surface area contributed by atoms with E-state index in [0.29, 0.717) is 12.0 Å². The van der Waals surface area contributed by atoms with Gasteiger partial charge in [-0.3, -0.25) is 9.69 Å². The number of nitrogens with zero attached hydrogens (tertiary/aromatic N) is 1. The molecule has 1 amide bonds. The number of carboxylic acids is 1. The third kappa shape index (κ3) is 6.21. The molecule has 2 aliphatic heterocycles. The van der Waals surface area contributed by atoms with E-state index in [2.05, 4.69) is 10.2 Å². The van der Waals surface area contributed by atoms with Crippen molar-refractivity contribution in [2.45, 2.75) is 69.5 Å². The number of hydrogen-bond acceptors (Lipinski definition) is 5. The zero-order chi connectivity index (χ0) is 21.7. The molecule has 7 nitrogen and oxygen atoms in total. The smallest absolute Gasteiger partial charge is 0.475 e. The van der Waals surface area contributed by atoms with Gasteiger partial charge in [0.25, 0.3) is 0 Å². The van der Waals surface area contributed by atoms with Gasteiger partial charge in [-0.05, 0) is 44.2 Å². The lowest BCUT2D eigenvalue weighted by Gasteiger charge is -2.33. The SMILES string of the molecule is O=C(NC1CCCC1)[C@@H]1C[C@@H]2CCN(Cc3ccoc3)C[C@H]2O1.O=C(O)C(F)(F)F. The summed E-state index contributed by atoms with van der Waals surface area (Å²) in [6.45, 7) is 2.90. The van der Waals surface area contributed by atoms with E-state index >= 15 is 0 Å². The Morgan fingerprint density at radius 3 is 2.53 bits per heavy atom. The standard InChI is InChI=1S/C18H26N2O3.C2HF3O2/c21-18(19-15-3-1-2-4-15)16-9-14-5-7-20(11-17(14)23-16)10-13-6-8-22-12-13;3-2(4,5)1(6)7/h6,8,12,14-17H,1-5,7,9-11H2,(H,19,21);(H,6,7)/t14-,16-,17+;/m0./s1. The maximum absolute atomic E-state index is 12.4. The highest BCUT2D eigenvalue weighted by molar-refractivity contribution is 5.81. The molecule has 0 radical (unpaired) electrons. The van der Waals surface area contributed by atoms with Crippen LogP contribution in [-0.2, 0) is 20.9 Å². The lowest BCUT2D eigenvalue weighted by atomic mass is 9.91. The van der Waals surface area contributed by atoms with Gasteiger partial charge in [0.15, 0.2) is 0 Å². The molecular formula is C20H27F3N2O5. The van der Waals surface area contributed by atoms with Crippen LogP contribution < -0.4 is 5.32 Å². The van der Waals surface area contributed by atoms with Crippen LogP contribution in [0.5, 0.6) is 0 Å². The lowest BCUT2D eigenvalue weighted by molar-refractivity contribution is -0.192. The van der Waals surface area contributed by atoms with Crippen LogP contribution in [0.3, 0.4) is 0 Å². The van der Waals surface area contributed by atoms with Crippen molar-refractivity contribution in [3.63, 3.8) is 0 Å². The molecule has 3 heterocycles. The highest BCUT2D eigenvalue weighted by atomic mass is 19.4. The van der Waals surface area contributed by atoms with Gasteiger partial charge in [0.2, 0.25) is 5.91 Å². The fourth-order valence-electron chi connectivity index (χ4n) is 4.31. The van der Waals surface area contributed by atoms with Gasteiger partial charge in [0.1, 0.15) is 6.10 Å². The summed E-state index contributed by atoms with van der Waals surface area (Å²) in [6, 6.07) is 2.39. The number of alkyl halides is 3. The number of halogens is 3. The minimum Gasteiger partial charge on any atom is -0.475 e. The zero-order valence-electron chi connectivity index (χ0n) is 16.6. The van der Waals surface area contributed by atoms with Crippen LogP contribution in [0.15, 0.2) is 23.0 Å². The van der Waals surface area contributed by atoms with Crippen molar-refractivity contribution in [3.05, 3.63) is 24.2 Å². The number of hydrogen-bond donors (Lipinski definition) is 2. The Morgan fingerprint density at radius 2 is 1.93 bits per heavy atom. The van der Waals surface area contributed by atoms with Crippen molar-refractivity contribution in [2.75, 3.05) is 13.1 Å². The van der Waals surface area contributed by atoms with E-state index in [1.165, 1.54) is 18.4 Å². The van der Waals surface area contributed by atoms with Gasteiger partial charge in [-0.25, -0.2) is 4.79 Å². The summed E-state index contributed by atoms with van der Waals surface area (Å²) in [7, 11) is 0. The Morgan fingerprint density at radius 1 is 1.23 bits per heavy atom. The van der Waals surface area contributed by atoms with Crippen LogP contribution in [0.4, 0.5) is 13.2 Å². The minimum atomic E-state index is -5.08. The van der Waals surface area contributed by atoms with E-state index in [1.807, 2.05) is 6.07 Å². The average molecular weight is 432 g/mol. The van der Waals surface area contributed by atoms with Crippen molar-refractivity contribution >= 4 is 11.9 Å². The Bertz CT molecular complexity index is 704. The molecule has 1 saturated carbocycles. The van der Waals surface area contributed by atoms with Crippen LogP contribution in [-0.4, -0.2) is 59.4 Å². The highest BCUT2D eigenvalue weighted by Gasteiger charge is 2.42. The molecule has 168 valence electrons. The summed E-state index contributed by atoms with van der Waals surface area (Å²) in [4.78, 5) is 23.7. The second-order valence-electron chi connectivity index (χ2n) is 8.11. The minimum absolute atomic E-state index is 0.118. The van der Waals surface area contributed by atoms with Crippen molar-refractivity contribution in [1.29, 1.82) is 0 Å². The molecule has 10 heteroatoms. The zero-order valence-corrected chi connectivity index (χ0v) is 16.6. The molecular weight excluding hydrogens is 405 g/mol. The molecule has 30 heavy (non-hydrogen) atoms. The number of piperidine rings is 1. The van der Waals surface area contributed by atoms with Crippen LogP contribution >= 0.6 is 0 Å². The molecule has 2 N–H and O–H groups in total. The first-order valence-electron chi connectivity index (χ1n) is 10.2. The predicted octanol–water partition coefficient (Wildman–Crippen LogP) is 2.95. The topological polar surface area (TPSA) is 92.0 Å². The van der Waals surface area contributed by atoms with Crippen LogP contribution in [0.1, 0.15) is 44.1 Å². The Hall–Kier alpha value is -2.07. The third-order valence-corrected chi connectivity index (χ3v) is 5.86. The molecule has 1 aliphatic carbocycles. The molecule has 0 aromatic carbocycles. The monoisotopic (exact) mass is 432 g/mol. The largest absolute Gasteiger partial charge is 0.490 e. The number of carbonyl (C=O) groups is 2. The first-order chi connectivity index (χ1) is 14.2. The fraction of sp³-hybridized carbons (Fsp3) is 0.700. The number of fused-ring (bicyclic) bond motifs is 1. The van der Waals surface area contributed by atoms with Crippen LogP contribution in [0.25, 0.3) is 0 Å². The van der Waals surface area contributed by atoms with Gasteiger partial charge in [-0.2, -0.15) is 13.2 Å². The van der Waals surface area contributed by atoms with Crippen molar-refractivity contribution in [1.82, 2.24) is 10.2 Å². The summed E-state index contributed by atoms with van der Waals surface area (Å²) in [5.41, 5.74) is 1.21. The summed E-state index contributed by atoms with van der Waals surface area (Å²) in [5, 5.41) is 10.3. The average Bonchev–Trinajstić information content (AvgIpc) is 3.42. The van der Waals surface area contributed by atoms with Crippen LogP contribution in [0.2, 0.25) is 0 Å². The lowest BCUT2D eigenvalue weighted by Crippen LogP contribution is -2.42. The summed E-state index contributed by atoms with van der Waals surface area (Å²) in [6.07, 6.45) is 5.16. The van der Waals surface area contributed by atoms with E-state index in [4.69, 9.17) is 19.1 Å². The fourth-order valence-corrected chi connectivity index (χ4v) is 4.31. The Labute approximate surface area is 172 Å². The molecule has 3 fully saturated rings. The second-order valence-corrected chi connectivity index (χ2v) is 8.11. The van der Waals surface area contributed by atoms with E-state index in [1.54, 1.807) is 12.5 Å². The van der Waals surface area contributed by atoms with E-state index in [-0.39, 0.29) is 18.1 Å². The predicted molar refractivity (Wildman–Crippen MR) is 99.5 cm³/mol. The Kier molecular flexibility index (Phi) is 7.41.